The van der Waals surface area contributed by atoms with Crippen LogP contribution in [0.1, 0.15) is 55.7 Å². The van der Waals surface area contributed by atoms with Gasteiger partial charge in [0.05, 0.1) is 16.8 Å². The van der Waals surface area contributed by atoms with E-state index in [1.807, 2.05) is 12.1 Å². The Bertz CT molecular complexity index is 875. The Hall–Kier alpha value is -1.71. The predicted octanol–water partition coefficient (Wildman–Crippen LogP) is 6.20. The van der Waals surface area contributed by atoms with Crippen LogP contribution in [0.15, 0.2) is 47.6 Å². The van der Waals surface area contributed by atoms with Gasteiger partial charge in [-0.3, -0.25) is 0 Å². The number of rotatable bonds is 1. The molecule has 2 heterocycles. The Labute approximate surface area is 163 Å². The lowest BCUT2D eigenvalue weighted by atomic mass is 9.86. The van der Waals surface area contributed by atoms with E-state index in [1.54, 1.807) is 6.07 Å². The molecule has 0 unspecified atom stereocenters. The molecule has 1 atom stereocenters. The van der Waals surface area contributed by atoms with Crippen molar-refractivity contribution < 1.29 is 4.74 Å². The van der Waals surface area contributed by atoms with Gasteiger partial charge < -0.3 is 4.74 Å². The molecule has 5 rings (SSSR count). The van der Waals surface area contributed by atoms with Crippen LogP contribution in [-0.2, 0) is 0 Å². The summed E-state index contributed by atoms with van der Waals surface area (Å²) < 4.78 is 6.57. The minimum absolute atomic E-state index is 0.128. The molecule has 1 spiro atoms. The lowest BCUT2D eigenvalue weighted by molar-refractivity contribution is -0.140. The maximum absolute atomic E-state index is 6.57. The molecule has 0 radical (unpaired) electrons. The number of hydrogen-bond acceptors (Lipinski definition) is 3. The third-order valence-corrected chi connectivity index (χ3v) is 6.26. The molecule has 3 aliphatic rings. The minimum Gasteiger partial charge on any atom is -0.465 e. The number of hydrazone groups is 1. The maximum Gasteiger partial charge on any atom is 0.198 e. The van der Waals surface area contributed by atoms with Gasteiger partial charge in [0, 0.05) is 29.8 Å². The molecule has 1 saturated carbocycles. The number of halogens is 2. The fraction of sp³-hybridized carbons (Fsp3) is 0.381. The first-order chi connectivity index (χ1) is 12.7. The third-order valence-electron chi connectivity index (χ3n) is 5.76. The first kappa shape index (κ1) is 16.5. The van der Waals surface area contributed by atoms with Gasteiger partial charge in [-0.1, -0.05) is 60.0 Å². The van der Waals surface area contributed by atoms with E-state index in [4.69, 9.17) is 33.0 Å². The third kappa shape index (κ3) is 2.52. The second kappa shape index (κ2) is 6.17. The van der Waals surface area contributed by atoms with Crippen LogP contribution in [-0.4, -0.2) is 16.4 Å². The lowest BCUT2D eigenvalue weighted by Gasteiger charge is -2.49. The van der Waals surface area contributed by atoms with Crippen molar-refractivity contribution in [2.24, 2.45) is 5.10 Å². The highest BCUT2D eigenvalue weighted by Gasteiger charge is 2.51. The van der Waals surface area contributed by atoms with Crippen molar-refractivity contribution in [1.82, 2.24) is 5.01 Å². The van der Waals surface area contributed by atoms with E-state index in [1.165, 1.54) is 12.0 Å². The van der Waals surface area contributed by atoms with Gasteiger partial charge in [-0.15, -0.1) is 0 Å². The summed E-state index contributed by atoms with van der Waals surface area (Å²) in [4.78, 5) is 0. The fourth-order valence-electron chi connectivity index (χ4n) is 4.54. The molecule has 2 aliphatic heterocycles. The molecule has 0 aromatic heterocycles. The number of ether oxygens (including phenoxy) is 1. The zero-order valence-corrected chi connectivity index (χ0v) is 15.9. The van der Waals surface area contributed by atoms with E-state index in [0.717, 1.165) is 49.1 Å². The molecule has 0 N–H and O–H groups in total. The molecule has 1 fully saturated rings. The molecule has 5 heteroatoms. The zero-order valence-electron chi connectivity index (χ0n) is 14.4. The Morgan fingerprint density at radius 3 is 2.58 bits per heavy atom. The van der Waals surface area contributed by atoms with Crippen LogP contribution in [0.25, 0.3) is 0 Å². The average molecular weight is 387 g/mol. The summed E-state index contributed by atoms with van der Waals surface area (Å²) in [5.74, 6) is 0.795. The molecule has 2 aromatic rings. The first-order valence-corrected chi connectivity index (χ1v) is 10.0. The molecule has 0 bridgehead atoms. The minimum atomic E-state index is -0.385. The standard InChI is InChI=1S/C21H20Cl2N2O/c22-15-11-16-19-13-18(14-7-3-1-4-8-14)24-25(19)21(9-5-2-6-10-21)26-20(16)17(23)12-15/h1,3-4,7-8,11-12,19H,2,5-6,9-10,13H2/t19-/m0/s1. The van der Waals surface area contributed by atoms with E-state index >= 15 is 0 Å². The number of benzene rings is 2. The van der Waals surface area contributed by atoms with Crippen molar-refractivity contribution in [2.45, 2.75) is 50.3 Å². The smallest absolute Gasteiger partial charge is 0.198 e. The fourth-order valence-corrected chi connectivity index (χ4v) is 5.09. The quantitative estimate of drug-likeness (QED) is 0.582. The Morgan fingerprint density at radius 2 is 1.81 bits per heavy atom. The molecule has 2 aromatic carbocycles. The van der Waals surface area contributed by atoms with Crippen molar-refractivity contribution >= 4 is 28.9 Å². The van der Waals surface area contributed by atoms with Gasteiger partial charge in [-0.2, -0.15) is 5.10 Å². The summed E-state index contributed by atoms with van der Waals surface area (Å²) in [7, 11) is 0. The summed E-state index contributed by atoms with van der Waals surface area (Å²) in [6.45, 7) is 0. The summed E-state index contributed by atoms with van der Waals surface area (Å²) in [6, 6.07) is 14.3. The van der Waals surface area contributed by atoms with Crippen LogP contribution in [0.4, 0.5) is 0 Å². The summed E-state index contributed by atoms with van der Waals surface area (Å²) in [6.07, 6.45) is 6.36. The van der Waals surface area contributed by atoms with E-state index in [-0.39, 0.29) is 11.8 Å². The molecule has 134 valence electrons. The highest BCUT2D eigenvalue weighted by atomic mass is 35.5. The van der Waals surface area contributed by atoms with Crippen molar-refractivity contribution in [3.05, 3.63) is 63.6 Å². The van der Waals surface area contributed by atoms with Crippen LogP contribution in [0.5, 0.6) is 5.75 Å². The van der Waals surface area contributed by atoms with Crippen LogP contribution in [0.3, 0.4) is 0 Å². The SMILES string of the molecule is Clc1cc(Cl)c2c(c1)[C@@H]1CC(c3ccccc3)=NN1C1(CCCCC1)O2. The first-order valence-electron chi connectivity index (χ1n) is 9.26. The molecule has 0 saturated heterocycles. The topological polar surface area (TPSA) is 24.8 Å². The molecule has 26 heavy (non-hydrogen) atoms. The number of hydrogen-bond donors (Lipinski definition) is 0. The monoisotopic (exact) mass is 386 g/mol. The van der Waals surface area contributed by atoms with Gasteiger partial charge in [-0.05, 0) is 30.5 Å². The second-order valence-corrected chi connectivity index (χ2v) is 8.24. The van der Waals surface area contributed by atoms with Crippen molar-refractivity contribution in [2.75, 3.05) is 0 Å². The van der Waals surface area contributed by atoms with Crippen LogP contribution in [0.2, 0.25) is 10.0 Å². The largest absolute Gasteiger partial charge is 0.465 e. The van der Waals surface area contributed by atoms with Crippen LogP contribution < -0.4 is 4.74 Å². The normalized spacial score (nSPS) is 23.2. The lowest BCUT2D eigenvalue weighted by Crippen LogP contribution is -2.54. The van der Waals surface area contributed by atoms with Crippen LogP contribution in [0, 0.1) is 0 Å². The second-order valence-electron chi connectivity index (χ2n) is 7.39. The molecular formula is C21H20Cl2N2O. The molecule has 3 nitrogen and oxygen atoms in total. The molecular weight excluding hydrogens is 367 g/mol. The summed E-state index contributed by atoms with van der Waals surface area (Å²) in [5.41, 5.74) is 2.94. The van der Waals surface area contributed by atoms with Gasteiger partial charge in [0.1, 0.15) is 5.75 Å². The molecule has 1 aliphatic carbocycles. The van der Waals surface area contributed by atoms with E-state index in [9.17, 15) is 0 Å². The zero-order chi connectivity index (χ0) is 17.7. The average Bonchev–Trinajstić information content (AvgIpc) is 3.12. The summed E-state index contributed by atoms with van der Waals surface area (Å²) in [5, 5.41) is 8.51. The van der Waals surface area contributed by atoms with E-state index < -0.39 is 0 Å². The van der Waals surface area contributed by atoms with Crippen LogP contribution >= 0.6 is 23.2 Å². The van der Waals surface area contributed by atoms with Gasteiger partial charge in [0.25, 0.3) is 0 Å². The van der Waals surface area contributed by atoms with Gasteiger partial charge >= 0.3 is 0 Å². The predicted molar refractivity (Wildman–Crippen MR) is 105 cm³/mol. The highest BCUT2D eigenvalue weighted by molar-refractivity contribution is 6.35. The van der Waals surface area contributed by atoms with Gasteiger partial charge in [-0.25, -0.2) is 5.01 Å². The highest BCUT2D eigenvalue weighted by Crippen LogP contribution is 2.53. The Morgan fingerprint density at radius 1 is 1.04 bits per heavy atom. The van der Waals surface area contributed by atoms with Crippen molar-refractivity contribution in [3.63, 3.8) is 0 Å². The van der Waals surface area contributed by atoms with E-state index in [0.29, 0.717) is 10.0 Å². The van der Waals surface area contributed by atoms with Gasteiger partial charge in [0.15, 0.2) is 5.72 Å². The number of fused-ring (bicyclic) bond motifs is 4. The van der Waals surface area contributed by atoms with Crippen molar-refractivity contribution in [3.8, 4) is 5.75 Å². The van der Waals surface area contributed by atoms with E-state index in [2.05, 4.69) is 29.3 Å². The molecule has 0 amide bonds. The van der Waals surface area contributed by atoms with Crippen molar-refractivity contribution in [1.29, 1.82) is 0 Å². The van der Waals surface area contributed by atoms with Gasteiger partial charge in [0.2, 0.25) is 0 Å². The Kier molecular flexibility index (Phi) is 3.91. The maximum atomic E-state index is 6.57. The summed E-state index contributed by atoms with van der Waals surface area (Å²) >= 11 is 12.8. The number of nitrogens with zero attached hydrogens (tertiary/aromatic N) is 2. The Balaban J connectivity index is 1.64.